The lowest BCUT2D eigenvalue weighted by Gasteiger charge is -2.27. The van der Waals surface area contributed by atoms with Crippen LogP contribution in [0.5, 0.6) is 0 Å². The molecule has 0 rings (SSSR count). The zero-order chi connectivity index (χ0) is 20.1. The molecule has 0 amide bonds. The topological polar surface area (TPSA) is 18.5 Å². The van der Waals surface area contributed by atoms with Crippen LogP contribution in [0.1, 0.15) is 91.9 Å². The minimum absolute atomic E-state index is 0.141. The van der Waals surface area contributed by atoms with Gasteiger partial charge in [0.2, 0.25) is 9.04 Å². The van der Waals surface area contributed by atoms with Crippen LogP contribution in [0.3, 0.4) is 0 Å². The number of rotatable bonds is 17. The van der Waals surface area contributed by atoms with E-state index in [0.29, 0.717) is 13.2 Å². The Morgan fingerprint density at radius 3 is 1.23 bits per heavy atom. The lowest BCUT2D eigenvalue weighted by Crippen LogP contribution is -2.27. The quantitative estimate of drug-likeness (QED) is 0.163. The minimum Gasteiger partial charge on any atom is -0.346 e. The molecule has 0 aromatic heterocycles. The van der Waals surface area contributed by atoms with Crippen molar-refractivity contribution in [3.63, 3.8) is 0 Å². The molecule has 158 valence electrons. The molecule has 0 saturated heterocycles. The van der Waals surface area contributed by atoms with Crippen LogP contribution in [0.15, 0.2) is 0 Å². The number of hydrogen-bond donors (Lipinski definition) is 0. The van der Waals surface area contributed by atoms with Gasteiger partial charge in [-0.3, -0.25) is 0 Å². The van der Waals surface area contributed by atoms with Gasteiger partial charge in [0.05, 0.1) is 0 Å². The number of alkyl halides is 4. The highest BCUT2D eigenvalue weighted by Gasteiger charge is 2.32. The molecule has 26 heavy (non-hydrogen) atoms. The van der Waals surface area contributed by atoms with Crippen molar-refractivity contribution in [2.45, 2.75) is 101 Å². The third-order valence-electron chi connectivity index (χ3n) is 4.67. The molecular weight excluding hydrogens is 414 g/mol. The Hall–Kier alpha value is 1.08. The fourth-order valence-corrected chi connectivity index (χ4v) is 3.45. The van der Waals surface area contributed by atoms with Crippen LogP contribution in [-0.2, 0) is 9.47 Å². The molecule has 0 N–H and O–H groups in total. The Labute approximate surface area is 181 Å². The van der Waals surface area contributed by atoms with Crippen LogP contribution in [-0.4, -0.2) is 22.3 Å². The molecule has 2 atom stereocenters. The molecule has 0 aliphatic heterocycles. The first-order chi connectivity index (χ1) is 12.2. The average molecular weight is 452 g/mol. The second-order valence-corrected chi connectivity index (χ2v) is 9.95. The maximum atomic E-state index is 6.26. The summed E-state index contributed by atoms with van der Waals surface area (Å²) >= 11 is 25.0. The summed E-state index contributed by atoms with van der Waals surface area (Å²) in [5.74, 6) is 0.281. The fraction of sp³-hybridized carbons (Fsp3) is 1.00. The predicted octanol–water partition coefficient (Wildman–Crippen LogP) is 8.50. The highest BCUT2D eigenvalue weighted by molar-refractivity contribution is 6.47. The van der Waals surface area contributed by atoms with Crippen LogP contribution in [0.2, 0.25) is 0 Å². The van der Waals surface area contributed by atoms with Gasteiger partial charge in [-0.25, -0.2) is 0 Å². The Morgan fingerprint density at radius 2 is 0.923 bits per heavy atom. The van der Waals surface area contributed by atoms with Crippen molar-refractivity contribution in [1.82, 2.24) is 0 Å². The molecule has 0 saturated carbocycles. The Kier molecular flexibility index (Phi) is 15.6. The first-order valence-corrected chi connectivity index (χ1v) is 11.7. The minimum atomic E-state index is -1.05. The summed E-state index contributed by atoms with van der Waals surface area (Å²) < 4.78 is 8.94. The normalized spacial score (nSPS) is 15.2. The number of unbranched alkanes of at least 4 members (excludes halogenated alkanes) is 5. The molecule has 2 unspecified atom stereocenters. The zero-order valence-corrected chi connectivity index (χ0v) is 20.0. The van der Waals surface area contributed by atoms with Gasteiger partial charge in [0.25, 0.3) is 0 Å². The lowest BCUT2D eigenvalue weighted by molar-refractivity contribution is 0.0387. The van der Waals surface area contributed by atoms with Gasteiger partial charge in [0.1, 0.15) is 0 Å². The van der Waals surface area contributed by atoms with E-state index in [9.17, 15) is 0 Å². The molecule has 0 radical (unpaired) electrons. The van der Waals surface area contributed by atoms with Gasteiger partial charge in [-0.2, -0.15) is 0 Å². The summed E-state index contributed by atoms with van der Waals surface area (Å²) in [4.78, 5) is 0. The van der Waals surface area contributed by atoms with Crippen molar-refractivity contribution < 1.29 is 9.47 Å². The van der Waals surface area contributed by atoms with Gasteiger partial charge < -0.3 is 9.47 Å². The first-order valence-electron chi connectivity index (χ1n) is 10.2. The van der Waals surface area contributed by atoms with E-state index in [4.69, 9.17) is 55.9 Å². The highest BCUT2D eigenvalue weighted by atomic mass is 35.5. The van der Waals surface area contributed by atoms with Gasteiger partial charge in [-0.05, 0) is 25.7 Å². The maximum Gasteiger partial charge on any atom is 0.219 e. The highest BCUT2D eigenvalue weighted by Crippen LogP contribution is 2.36. The van der Waals surface area contributed by atoms with Crippen molar-refractivity contribution in [3.8, 4) is 0 Å². The summed E-state index contributed by atoms with van der Waals surface area (Å²) in [5, 5.41) is 0. The van der Waals surface area contributed by atoms with Crippen molar-refractivity contribution in [1.29, 1.82) is 0 Å². The second-order valence-electron chi connectivity index (χ2n) is 7.32. The average Bonchev–Trinajstić information content (AvgIpc) is 2.59. The monoisotopic (exact) mass is 450 g/mol. The van der Waals surface area contributed by atoms with E-state index in [1.54, 1.807) is 0 Å². The molecule has 0 bridgehead atoms. The standard InChI is InChI=1S/C20H38Cl4O2/c1-5-15-25-19(21,22)17(3)13-11-9-7-8-10-12-14-18(4)20(23,24)26-16-6-2/h17-18H,5-16H2,1-4H3. The molecule has 0 aliphatic rings. The van der Waals surface area contributed by atoms with E-state index < -0.39 is 9.04 Å². The lowest BCUT2D eigenvalue weighted by atomic mass is 10.00. The maximum absolute atomic E-state index is 6.26. The van der Waals surface area contributed by atoms with Crippen LogP contribution in [0, 0.1) is 11.8 Å². The van der Waals surface area contributed by atoms with E-state index in [2.05, 4.69) is 13.8 Å². The van der Waals surface area contributed by atoms with Crippen molar-refractivity contribution in [3.05, 3.63) is 0 Å². The molecule has 6 heteroatoms. The zero-order valence-electron chi connectivity index (χ0n) is 17.0. The van der Waals surface area contributed by atoms with Gasteiger partial charge in [0, 0.05) is 25.0 Å². The largest absolute Gasteiger partial charge is 0.346 e. The van der Waals surface area contributed by atoms with E-state index in [1.165, 1.54) is 25.7 Å². The van der Waals surface area contributed by atoms with E-state index in [-0.39, 0.29) is 11.8 Å². The molecule has 0 aromatic rings. The predicted molar refractivity (Wildman–Crippen MR) is 117 cm³/mol. The summed E-state index contributed by atoms with van der Waals surface area (Å²) in [5.41, 5.74) is 0. The summed E-state index contributed by atoms with van der Waals surface area (Å²) in [6, 6.07) is 0. The third-order valence-corrected chi connectivity index (χ3v) is 6.60. The number of ether oxygens (including phenoxy) is 2. The van der Waals surface area contributed by atoms with E-state index >= 15 is 0 Å². The number of hydrogen-bond acceptors (Lipinski definition) is 2. The van der Waals surface area contributed by atoms with Crippen molar-refractivity contribution >= 4 is 46.4 Å². The third kappa shape index (κ3) is 12.5. The second kappa shape index (κ2) is 15.0. The summed E-state index contributed by atoms with van der Waals surface area (Å²) in [7, 11) is 0. The van der Waals surface area contributed by atoms with Crippen molar-refractivity contribution in [2.24, 2.45) is 11.8 Å². The Balaban J connectivity index is 3.70. The fourth-order valence-electron chi connectivity index (χ4n) is 2.71. The van der Waals surface area contributed by atoms with Crippen LogP contribution < -0.4 is 0 Å². The molecule has 0 fully saturated rings. The molecule has 0 aromatic carbocycles. The van der Waals surface area contributed by atoms with Crippen LogP contribution in [0.4, 0.5) is 0 Å². The molecule has 0 aliphatic carbocycles. The molecule has 2 nitrogen and oxygen atoms in total. The van der Waals surface area contributed by atoms with E-state index in [1.807, 2.05) is 13.8 Å². The molecule has 0 heterocycles. The van der Waals surface area contributed by atoms with Gasteiger partial charge >= 0.3 is 0 Å². The van der Waals surface area contributed by atoms with Crippen LogP contribution >= 0.6 is 46.4 Å². The smallest absolute Gasteiger partial charge is 0.219 e. The Bertz CT molecular complexity index is 306. The van der Waals surface area contributed by atoms with Crippen molar-refractivity contribution in [2.75, 3.05) is 13.2 Å². The van der Waals surface area contributed by atoms with Crippen LogP contribution in [0.25, 0.3) is 0 Å². The summed E-state index contributed by atoms with van der Waals surface area (Å²) in [6.07, 6.45) is 10.9. The number of halogens is 4. The Morgan fingerprint density at radius 1 is 0.615 bits per heavy atom. The van der Waals surface area contributed by atoms with Gasteiger partial charge in [-0.15, -0.1) is 0 Å². The SMILES string of the molecule is CCCOC(Cl)(Cl)C(C)CCCCCCCCC(C)C(Cl)(Cl)OCCC. The molecular formula is C20H38Cl4O2. The molecule has 0 spiro atoms. The van der Waals surface area contributed by atoms with Gasteiger partial charge in [-0.1, -0.05) is 113 Å². The summed E-state index contributed by atoms with van der Waals surface area (Å²) in [6.45, 7) is 9.42. The van der Waals surface area contributed by atoms with E-state index in [0.717, 1.165) is 38.5 Å². The van der Waals surface area contributed by atoms with Gasteiger partial charge in [0.15, 0.2) is 0 Å². The first kappa shape index (κ1) is 27.1.